The smallest absolute Gasteiger partial charge is 0.0671 e. The molecule has 1 fully saturated rings. The number of nitrogens with zero attached hydrogens (tertiary/aromatic N) is 2. The Kier molecular flexibility index (Phi) is 3.19. The quantitative estimate of drug-likeness (QED) is 0.871. The molecular formula is C14H20N4. The van der Waals surface area contributed by atoms with Crippen LogP contribution in [-0.4, -0.2) is 40.8 Å². The van der Waals surface area contributed by atoms with Gasteiger partial charge in [0.15, 0.2) is 0 Å². The zero-order valence-electron chi connectivity index (χ0n) is 10.8. The lowest BCUT2D eigenvalue weighted by Crippen LogP contribution is -2.38. The van der Waals surface area contributed by atoms with Gasteiger partial charge in [-0.15, -0.1) is 0 Å². The zero-order valence-corrected chi connectivity index (χ0v) is 10.8. The fourth-order valence-corrected chi connectivity index (χ4v) is 2.71. The molecule has 2 N–H and O–H groups in total. The second-order valence-electron chi connectivity index (χ2n) is 4.99. The summed E-state index contributed by atoms with van der Waals surface area (Å²) in [7, 11) is 0. The molecule has 0 unspecified atom stereocenters. The van der Waals surface area contributed by atoms with Gasteiger partial charge in [0.1, 0.15) is 0 Å². The number of nitrogens with one attached hydrogen (secondary N) is 2. The van der Waals surface area contributed by atoms with Crippen molar-refractivity contribution in [1.29, 1.82) is 0 Å². The van der Waals surface area contributed by atoms with Crippen LogP contribution < -0.4 is 5.32 Å². The third kappa shape index (κ3) is 2.20. The van der Waals surface area contributed by atoms with Gasteiger partial charge in [0.05, 0.1) is 11.7 Å². The van der Waals surface area contributed by atoms with Crippen molar-refractivity contribution in [2.75, 3.05) is 25.0 Å². The van der Waals surface area contributed by atoms with Crippen LogP contribution in [0.5, 0.6) is 0 Å². The number of H-pyrrole nitrogens is 1. The summed E-state index contributed by atoms with van der Waals surface area (Å²) in [6.45, 7) is 5.81. The Morgan fingerprint density at radius 3 is 3.00 bits per heavy atom. The first-order valence-corrected chi connectivity index (χ1v) is 6.78. The fraction of sp³-hybridized carbons (Fsp3) is 0.500. The summed E-state index contributed by atoms with van der Waals surface area (Å²) in [5.41, 5.74) is 2.31. The van der Waals surface area contributed by atoms with Gasteiger partial charge < -0.3 is 10.2 Å². The highest BCUT2D eigenvalue weighted by Gasteiger charge is 2.18. The lowest BCUT2D eigenvalue weighted by Gasteiger charge is -2.32. The molecule has 0 radical (unpaired) electrons. The molecule has 4 heteroatoms. The van der Waals surface area contributed by atoms with Gasteiger partial charge in [0.2, 0.25) is 0 Å². The maximum Gasteiger partial charge on any atom is 0.0671 e. The van der Waals surface area contributed by atoms with Crippen LogP contribution in [0.1, 0.15) is 19.8 Å². The number of fused-ring (bicyclic) bond motifs is 1. The molecule has 0 amide bonds. The summed E-state index contributed by atoms with van der Waals surface area (Å²) in [6.07, 6.45) is 4.35. The van der Waals surface area contributed by atoms with E-state index in [1.807, 2.05) is 6.20 Å². The van der Waals surface area contributed by atoms with Crippen molar-refractivity contribution in [3.8, 4) is 0 Å². The van der Waals surface area contributed by atoms with Gasteiger partial charge in [0.25, 0.3) is 0 Å². The molecule has 1 aromatic heterocycles. The highest BCUT2D eigenvalue weighted by molar-refractivity contribution is 5.90. The third-order valence-corrected chi connectivity index (χ3v) is 3.88. The Labute approximate surface area is 107 Å². The second kappa shape index (κ2) is 4.98. The number of rotatable bonds is 3. The molecular weight excluding hydrogens is 224 g/mol. The molecule has 1 aliphatic rings. The molecule has 0 saturated carbocycles. The lowest BCUT2D eigenvalue weighted by molar-refractivity contribution is 0.229. The van der Waals surface area contributed by atoms with Crippen molar-refractivity contribution < 1.29 is 0 Å². The predicted octanol–water partition coefficient (Wildman–Crippen LogP) is 2.46. The number of aromatic amines is 1. The zero-order chi connectivity index (χ0) is 12.4. The standard InChI is InChI=1S/C14H20N4/c1-2-18-8-6-11(7-9-18)16-13-4-3-5-14-12(13)10-15-17-14/h3-5,10-11,16H,2,6-9H2,1H3,(H,15,17). The minimum Gasteiger partial charge on any atom is -0.382 e. The van der Waals surface area contributed by atoms with Gasteiger partial charge in [-0.1, -0.05) is 13.0 Å². The van der Waals surface area contributed by atoms with E-state index >= 15 is 0 Å². The van der Waals surface area contributed by atoms with E-state index in [4.69, 9.17) is 0 Å². The van der Waals surface area contributed by atoms with Gasteiger partial charge in [0, 0.05) is 30.2 Å². The molecule has 0 atom stereocenters. The number of hydrogen-bond acceptors (Lipinski definition) is 3. The third-order valence-electron chi connectivity index (χ3n) is 3.88. The van der Waals surface area contributed by atoms with Gasteiger partial charge in [-0.2, -0.15) is 5.10 Å². The van der Waals surface area contributed by atoms with Crippen molar-refractivity contribution in [2.45, 2.75) is 25.8 Å². The molecule has 2 heterocycles. The van der Waals surface area contributed by atoms with Crippen LogP contribution in [0.2, 0.25) is 0 Å². The number of anilines is 1. The first kappa shape index (κ1) is 11.5. The van der Waals surface area contributed by atoms with Gasteiger partial charge in [-0.05, 0) is 31.5 Å². The van der Waals surface area contributed by atoms with E-state index < -0.39 is 0 Å². The van der Waals surface area contributed by atoms with Crippen molar-refractivity contribution in [3.05, 3.63) is 24.4 Å². The summed E-state index contributed by atoms with van der Waals surface area (Å²) in [6, 6.07) is 6.87. The van der Waals surface area contributed by atoms with E-state index in [-0.39, 0.29) is 0 Å². The first-order chi connectivity index (χ1) is 8.86. The summed E-state index contributed by atoms with van der Waals surface area (Å²) in [5.74, 6) is 0. The average Bonchev–Trinajstić information content (AvgIpc) is 2.89. The first-order valence-electron chi connectivity index (χ1n) is 6.78. The molecule has 2 aromatic rings. The molecule has 3 rings (SSSR count). The number of piperidine rings is 1. The molecule has 0 bridgehead atoms. The van der Waals surface area contributed by atoms with E-state index in [0.29, 0.717) is 6.04 Å². The van der Waals surface area contributed by atoms with Gasteiger partial charge in [-0.3, -0.25) is 5.10 Å². The minimum absolute atomic E-state index is 0.591. The van der Waals surface area contributed by atoms with Gasteiger partial charge in [-0.25, -0.2) is 0 Å². The Balaban J connectivity index is 1.71. The molecule has 96 valence electrons. The van der Waals surface area contributed by atoms with Crippen LogP contribution in [0.4, 0.5) is 5.69 Å². The largest absolute Gasteiger partial charge is 0.382 e. The Morgan fingerprint density at radius 1 is 1.39 bits per heavy atom. The summed E-state index contributed by atoms with van der Waals surface area (Å²) in [4.78, 5) is 2.51. The highest BCUT2D eigenvalue weighted by atomic mass is 15.1. The van der Waals surface area contributed by atoms with Crippen LogP contribution in [-0.2, 0) is 0 Å². The second-order valence-corrected chi connectivity index (χ2v) is 4.99. The lowest BCUT2D eigenvalue weighted by atomic mass is 10.0. The van der Waals surface area contributed by atoms with Crippen molar-refractivity contribution in [1.82, 2.24) is 15.1 Å². The summed E-state index contributed by atoms with van der Waals surface area (Å²) < 4.78 is 0. The molecule has 4 nitrogen and oxygen atoms in total. The van der Waals surface area contributed by atoms with E-state index in [1.165, 1.54) is 43.5 Å². The number of likely N-dealkylation sites (tertiary alicyclic amines) is 1. The summed E-state index contributed by atoms with van der Waals surface area (Å²) >= 11 is 0. The maximum absolute atomic E-state index is 4.11. The van der Waals surface area contributed by atoms with E-state index in [9.17, 15) is 0 Å². The molecule has 1 aromatic carbocycles. The van der Waals surface area contributed by atoms with E-state index in [1.54, 1.807) is 0 Å². The van der Waals surface area contributed by atoms with E-state index in [2.05, 4.69) is 45.5 Å². The molecule has 0 spiro atoms. The van der Waals surface area contributed by atoms with E-state index in [0.717, 1.165) is 5.52 Å². The monoisotopic (exact) mass is 244 g/mol. The predicted molar refractivity (Wildman–Crippen MR) is 74.9 cm³/mol. The molecule has 1 saturated heterocycles. The SMILES string of the molecule is CCN1CCC(Nc2cccc3[nH]ncc23)CC1. The number of aromatic nitrogens is 2. The van der Waals surface area contributed by atoms with Gasteiger partial charge >= 0.3 is 0 Å². The fourth-order valence-electron chi connectivity index (χ4n) is 2.71. The Morgan fingerprint density at radius 2 is 2.22 bits per heavy atom. The average molecular weight is 244 g/mol. The van der Waals surface area contributed by atoms with Crippen molar-refractivity contribution >= 4 is 16.6 Å². The topological polar surface area (TPSA) is 44.0 Å². The molecule has 1 aliphatic heterocycles. The molecule has 0 aliphatic carbocycles. The maximum atomic E-state index is 4.11. The highest BCUT2D eigenvalue weighted by Crippen LogP contribution is 2.24. The van der Waals surface area contributed by atoms with Crippen molar-refractivity contribution in [3.63, 3.8) is 0 Å². The summed E-state index contributed by atoms with van der Waals surface area (Å²) in [5, 5.41) is 12.0. The van der Waals surface area contributed by atoms with Crippen LogP contribution >= 0.6 is 0 Å². The Hall–Kier alpha value is -1.55. The van der Waals surface area contributed by atoms with Crippen LogP contribution in [0.15, 0.2) is 24.4 Å². The van der Waals surface area contributed by atoms with Crippen molar-refractivity contribution in [2.24, 2.45) is 0 Å². The van der Waals surface area contributed by atoms with Crippen LogP contribution in [0.25, 0.3) is 10.9 Å². The van der Waals surface area contributed by atoms with Crippen LogP contribution in [0, 0.1) is 0 Å². The normalized spacial score (nSPS) is 18.3. The Bertz CT molecular complexity index is 511. The molecule has 18 heavy (non-hydrogen) atoms. The minimum atomic E-state index is 0.591. The number of hydrogen-bond donors (Lipinski definition) is 2. The number of benzene rings is 1. The van der Waals surface area contributed by atoms with Crippen LogP contribution in [0.3, 0.4) is 0 Å².